The molecule has 2 amide bonds. The second-order valence-electron chi connectivity index (χ2n) is 10.5. The summed E-state index contributed by atoms with van der Waals surface area (Å²) in [5, 5.41) is 14.4. The zero-order valence-electron chi connectivity index (χ0n) is 20.7. The van der Waals surface area contributed by atoms with Gasteiger partial charge in [0.05, 0.1) is 13.2 Å². The first-order valence-corrected chi connectivity index (χ1v) is 13.1. The molecule has 0 saturated carbocycles. The van der Waals surface area contributed by atoms with Crippen molar-refractivity contribution in [2.24, 2.45) is 5.41 Å². The fraction of sp³-hybridized carbons (Fsp3) is 0.538. The minimum Gasteiger partial charge on any atom is -0.480 e. The van der Waals surface area contributed by atoms with E-state index in [1.54, 1.807) is 6.20 Å². The molecule has 2 N–H and O–H groups in total. The number of ether oxygens (including phenoxy) is 2. The van der Waals surface area contributed by atoms with E-state index in [1.807, 2.05) is 39.0 Å². The van der Waals surface area contributed by atoms with Crippen molar-refractivity contribution in [2.75, 3.05) is 13.2 Å². The molecule has 0 spiro atoms. The molecule has 2 aromatic rings. The van der Waals surface area contributed by atoms with Gasteiger partial charge in [0.1, 0.15) is 18.2 Å². The van der Waals surface area contributed by atoms with Crippen LogP contribution in [0.25, 0.3) is 10.8 Å². The summed E-state index contributed by atoms with van der Waals surface area (Å²) in [4.78, 5) is 44.0. The minimum absolute atomic E-state index is 0.0674. The molecule has 194 valence electrons. The van der Waals surface area contributed by atoms with Gasteiger partial charge in [-0.25, -0.2) is 14.6 Å². The van der Waals surface area contributed by atoms with Crippen LogP contribution < -0.4 is 10.1 Å². The normalized spacial score (nSPS) is 26.1. The van der Waals surface area contributed by atoms with Gasteiger partial charge in [0.2, 0.25) is 11.8 Å². The first-order valence-electron chi connectivity index (χ1n) is 12.2. The van der Waals surface area contributed by atoms with E-state index in [1.165, 1.54) is 4.90 Å². The predicted octanol–water partition coefficient (Wildman–Crippen LogP) is 4.43. The summed E-state index contributed by atoms with van der Waals surface area (Å²) in [6.45, 7) is 5.73. The molecule has 2 aliphatic rings. The van der Waals surface area contributed by atoms with Crippen molar-refractivity contribution in [3.8, 4) is 5.88 Å². The molecule has 36 heavy (non-hydrogen) atoms. The van der Waals surface area contributed by atoms with Crippen LogP contribution in [0.5, 0.6) is 5.88 Å². The molecule has 4 bridgehead atoms. The van der Waals surface area contributed by atoms with Crippen LogP contribution in [-0.4, -0.2) is 64.3 Å². The van der Waals surface area contributed by atoms with E-state index in [9.17, 15) is 19.5 Å². The molecule has 4 atom stereocenters. The topological polar surface area (TPSA) is 118 Å². The number of aromatic nitrogens is 1. The Bertz CT molecular complexity index is 1150. The highest BCUT2D eigenvalue weighted by molar-refractivity contribution is 9.09. The van der Waals surface area contributed by atoms with Crippen LogP contribution in [0, 0.1) is 5.41 Å². The zero-order chi connectivity index (χ0) is 26.0. The third-order valence-corrected chi connectivity index (χ3v) is 7.67. The van der Waals surface area contributed by atoms with E-state index in [2.05, 4.69) is 32.3 Å². The van der Waals surface area contributed by atoms with E-state index in [0.717, 1.165) is 29.2 Å². The molecule has 0 aliphatic carbocycles. The molecular weight excluding hydrogens is 530 g/mol. The Morgan fingerprint density at radius 3 is 2.72 bits per heavy atom. The number of carboxylic acid groups (broad SMARTS) is 1. The number of nitrogens with one attached hydrogen (secondary N) is 1. The highest BCUT2D eigenvalue weighted by atomic mass is 79.9. The van der Waals surface area contributed by atoms with Gasteiger partial charge >= 0.3 is 12.1 Å². The molecule has 1 saturated heterocycles. The Labute approximate surface area is 218 Å². The summed E-state index contributed by atoms with van der Waals surface area (Å²) in [6, 6.07) is 5.96. The van der Waals surface area contributed by atoms with E-state index in [0.29, 0.717) is 12.3 Å². The maximum Gasteiger partial charge on any atom is 0.407 e. The number of nitrogens with zero attached hydrogens (tertiary/aromatic N) is 2. The molecule has 3 heterocycles. The number of aliphatic carboxylic acids is 1. The molecule has 1 aromatic carbocycles. The number of hydrogen-bond acceptors (Lipinski definition) is 6. The Morgan fingerprint density at radius 2 is 2.00 bits per heavy atom. The van der Waals surface area contributed by atoms with Crippen LogP contribution in [-0.2, 0) is 14.3 Å². The van der Waals surface area contributed by atoms with Gasteiger partial charge in [0, 0.05) is 22.8 Å². The molecule has 10 heteroatoms. The van der Waals surface area contributed by atoms with Gasteiger partial charge in [-0.15, -0.1) is 0 Å². The Balaban J connectivity index is 1.71. The monoisotopic (exact) mass is 561 g/mol. The van der Waals surface area contributed by atoms with Crippen LogP contribution in [0.4, 0.5) is 4.79 Å². The van der Waals surface area contributed by atoms with Gasteiger partial charge in [0.25, 0.3) is 0 Å². The van der Waals surface area contributed by atoms with Gasteiger partial charge in [-0.2, -0.15) is 0 Å². The maximum atomic E-state index is 13.6. The number of carbonyl (C=O) groups is 3. The van der Waals surface area contributed by atoms with Crippen molar-refractivity contribution >= 4 is 44.7 Å². The Morgan fingerprint density at radius 1 is 1.22 bits per heavy atom. The molecule has 0 radical (unpaired) electrons. The van der Waals surface area contributed by atoms with Crippen molar-refractivity contribution in [3.05, 3.63) is 36.0 Å². The first-order chi connectivity index (χ1) is 17.0. The average molecular weight is 562 g/mol. The lowest BCUT2D eigenvalue weighted by Crippen LogP contribution is -2.57. The lowest BCUT2D eigenvalue weighted by molar-refractivity contribution is -0.150. The van der Waals surface area contributed by atoms with Crippen molar-refractivity contribution in [3.63, 3.8) is 0 Å². The minimum atomic E-state index is -1.12. The van der Waals surface area contributed by atoms with E-state index in [4.69, 9.17) is 9.47 Å². The molecule has 9 nitrogen and oxygen atoms in total. The SMILES string of the molecule is CC(C)(C)[C@@H]1NC(=O)OCCCCC(Br)c2ccc3ccnc(c3c2)O[C@@H]2C[C@@H](C(=O)O)N(C2)C1=O. The van der Waals surface area contributed by atoms with Crippen LogP contribution in [0.2, 0.25) is 0 Å². The van der Waals surface area contributed by atoms with Gasteiger partial charge < -0.3 is 24.8 Å². The molecule has 1 fully saturated rings. The average Bonchev–Trinajstić information content (AvgIpc) is 3.25. The fourth-order valence-electron chi connectivity index (χ4n) is 4.70. The number of carbonyl (C=O) groups excluding carboxylic acids is 2. The lowest BCUT2D eigenvalue weighted by Gasteiger charge is -2.34. The number of halogens is 1. The van der Waals surface area contributed by atoms with E-state index < -0.39 is 41.6 Å². The number of amides is 2. The molecule has 2 aliphatic heterocycles. The number of pyridine rings is 1. The number of rotatable bonds is 1. The van der Waals surface area contributed by atoms with Crippen LogP contribution in [0.3, 0.4) is 0 Å². The van der Waals surface area contributed by atoms with E-state index >= 15 is 0 Å². The van der Waals surface area contributed by atoms with Gasteiger partial charge in [0.15, 0.2) is 0 Å². The van der Waals surface area contributed by atoms with Crippen LogP contribution >= 0.6 is 15.9 Å². The van der Waals surface area contributed by atoms with E-state index in [-0.39, 0.29) is 24.4 Å². The largest absolute Gasteiger partial charge is 0.480 e. The van der Waals surface area contributed by atoms with Gasteiger partial charge in [-0.3, -0.25) is 4.79 Å². The molecule has 1 unspecified atom stereocenters. The Hall–Kier alpha value is -2.88. The maximum absolute atomic E-state index is 13.6. The number of benzene rings is 1. The Kier molecular flexibility index (Phi) is 7.73. The highest BCUT2D eigenvalue weighted by Gasteiger charge is 2.46. The number of hydrogen-bond donors (Lipinski definition) is 2. The fourth-order valence-corrected chi connectivity index (χ4v) is 5.31. The summed E-state index contributed by atoms with van der Waals surface area (Å²) in [7, 11) is 0. The second kappa shape index (κ2) is 10.6. The first kappa shape index (κ1) is 26.2. The summed E-state index contributed by atoms with van der Waals surface area (Å²) in [5.74, 6) is -1.19. The van der Waals surface area contributed by atoms with Crippen LogP contribution in [0.1, 0.15) is 56.8 Å². The smallest absolute Gasteiger partial charge is 0.407 e. The van der Waals surface area contributed by atoms with Crippen molar-refractivity contribution in [1.82, 2.24) is 15.2 Å². The van der Waals surface area contributed by atoms with Gasteiger partial charge in [-0.1, -0.05) is 48.8 Å². The number of cyclic esters (lactones) is 1. The molecule has 1 aromatic heterocycles. The number of alkyl halides is 1. The lowest BCUT2D eigenvalue weighted by atomic mass is 9.85. The predicted molar refractivity (Wildman–Crippen MR) is 137 cm³/mol. The van der Waals surface area contributed by atoms with Gasteiger partial charge in [-0.05, 0) is 47.8 Å². The summed E-state index contributed by atoms with van der Waals surface area (Å²) < 4.78 is 11.6. The molecule has 4 rings (SSSR count). The third-order valence-electron chi connectivity index (χ3n) is 6.68. The second-order valence-corrected chi connectivity index (χ2v) is 11.6. The summed E-state index contributed by atoms with van der Waals surface area (Å²) in [5.41, 5.74) is 0.398. The summed E-state index contributed by atoms with van der Waals surface area (Å²) >= 11 is 3.77. The van der Waals surface area contributed by atoms with Crippen molar-refractivity contribution in [2.45, 2.75) is 69.5 Å². The molecular formula is C26H32BrN3O6. The standard InChI is InChI=1S/C26H32BrN3O6/c1-26(2,3)21-23(31)30-14-17(13-20(30)24(32)33)36-22-18-12-16(8-7-15(18)9-10-28-22)19(27)6-4-5-11-35-25(34)29-21/h7-10,12,17,19-21H,4-6,11,13-14H2,1-3H3,(H,29,34)(H,32,33)/t17-,19?,20+,21-/m1/s1. The number of fused-ring (bicyclic) bond motifs is 3. The highest BCUT2D eigenvalue weighted by Crippen LogP contribution is 2.34. The zero-order valence-corrected chi connectivity index (χ0v) is 22.3. The number of alkyl carbamates (subject to hydrolysis) is 1. The van der Waals surface area contributed by atoms with Crippen molar-refractivity contribution < 1.29 is 29.0 Å². The summed E-state index contributed by atoms with van der Waals surface area (Å²) in [6.07, 6.45) is 2.85. The van der Waals surface area contributed by atoms with Crippen LogP contribution in [0.15, 0.2) is 30.5 Å². The van der Waals surface area contributed by atoms with Crippen molar-refractivity contribution in [1.29, 1.82) is 0 Å². The third kappa shape index (κ3) is 5.74. The quantitative estimate of drug-likeness (QED) is 0.494. The number of carboxylic acids is 1.